The molecule has 0 saturated carbocycles. The molecule has 0 aromatic rings. The van der Waals surface area contributed by atoms with E-state index < -0.39 is 18.2 Å². The number of hydrogen-bond acceptors (Lipinski definition) is 4. The molecule has 0 fully saturated rings. The van der Waals surface area contributed by atoms with Gasteiger partial charge in [-0.1, -0.05) is 199 Å². The van der Waals surface area contributed by atoms with Gasteiger partial charge in [0.05, 0.1) is 18.8 Å². The van der Waals surface area contributed by atoms with Gasteiger partial charge in [-0.05, 0) is 38.5 Å². The van der Waals surface area contributed by atoms with Crippen molar-refractivity contribution in [3.05, 3.63) is 12.2 Å². The van der Waals surface area contributed by atoms with E-state index in [1.807, 2.05) is 0 Å². The molecule has 0 aromatic heterocycles. The standard InChI is InChI=1S/C43H85NO4/c1-3-5-7-9-11-13-15-17-19-20-21-22-24-26-28-30-32-34-36-38-42(47)44-40(39-45)43(48)41(46)37-35-33-31-29-27-25-23-18-16-14-12-10-8-6-4-2/h29,31,40-41,43,45-46,48H,3-28,30,32-39H2,1-2H3,(H,44,47)/b31-29+. The number of nitrogens with one attached hydrogen (secondary N) is 1. The van der Waals surface area contributed by atoms with Gasteiger partial charge in [-0.2, -0.15) is 0 Å². The fraction of sp³-hybridized carbons (Fsp3) is 0.930. The first kappa shape index (κ1) is 47.1. The molecular formula is C43H85NO4. The van der Waals surface area contributed by atoms with Gasteiger partial charge in [0.15, 0.2) is 0 Å². The molecule has 0 bridgehead atoms. The zero-order valence-electron chi connectivity index (χ0n) is 32.4. The molecule has 0 heterocycles. The topological polar surface area (TPSA) is 89.8 Å². The number of carbonyl (C=O) groups is 1. The van der Waals surface area contributed by atoms with Crippen molar-refractivity contribution < 1.29 is 20.1 Å². The molecule has 4 N–H and O–H groups in total. The summed E-state index contributed by atoms with van der Waals surface area (Å²) < 4.78 is 0. The highest BCUT2D eigenvalue weighted by Crippen LogP contribution is 2.16. The molecule has 0 aliphatic heterocycles. The Labute approximate surface area is 299 Å². The SMILES string of the molecule is CCCCCCCCCCCC/C=C/CCCC(O)C(O)C(CO)NC(=O)CCCCCCCCCCCCCCCCCCCCC. The second kappa shape index (κ2) is 38.9. The molecule has 0 aliphatic rings. The van der Waals surface area contributed by atoms with Crippen molar-refractivity contribution in [3.8, 4) is 0 Å². The lowest BCUT2D eigenvalue weighted by Crippen LogP contribution is -2.50. The van der Waals surface area contributed by atoms with E-state index in [-0.39, 0.29) is 12.5 Å². The Morgan fingerprint density at radius 2 is 0.833 bits per heavy atom. The minimum atomic E-state index is -1.15. The van der Waals surface area contributed by atoms with E-state index in [1.165, 1.54) is 167 Å². The third kappa shape index (κ3) is 33.6. The molecule has 3 atom stereocenters. The normalized spacial score (nSPS) is 13.7. The molecule has 5 nitrogen and oxygen atoms in total. The third-order valence-electron chi connectivity index (χ3n) is 10.1. The van der Waals surface area contributed by atoms with Crippen LogP contribution in [-0.4, -0.2) is 46.1 Å². The first-order chi connectivity index (χ1) is 23.6. The van der Waals surface area contributed by atoms with Crippen LogP contribution in [0.15, 0.2) is 12.2 Å². The summed E-state index contributed by atoms with van der Waals surface area (Å²) >= 11 is 0. The fourth-order valence-electron chi connectivity index (χ4n) is 6.75. The predicted octanol–water partition coefficient (Wildman–Crippen LogP) is 12.0. The number of hydrogen-bond donors (Lipinski definition) is 4. The zero-order chi connectivity index (χ0) is 35.2. The van der Waals surface area contributed by atoms with Crippen molar-refractivity contribution in [3.63, 3.8) is 0 Å². The summed E-state index contributed by atoms with van der Waals surface area (Å²) in [6, 6.07) is -0.820. The largest absolute Gasteiger partial charge is 0.394 e. The number of allylic oxidation sites excluding steroid dienone is 2. The molecule has 3 unspecified atom stereocenters. The molecule has 0 spiro atoms. The van der Waals surface area contributed by atoms with E-state index in [0.29, 0.717) is 12.8 Å². The molecular weight excluding hydrogens is 594 g/mol. The minimum absolute atomic E-state index is 0.151. The van der Waals surface area contributed by atoms with Crippen molar-refractivity contribution in [1.82, 2.24) is 5.32 Å². The zero-order valence-corrected chi connectivity index (χ0v) is 32.4. The van der Waals surface area contributed by atoms with E-state index in [1.54, 1.807) is 0 Å². The van der Waals surface area contributed by atoms with Gasteiger partial charge in [0.1, 0.15) is 6.10 Å². The molecule has 0 saturated heterocycles. The van der Waals surface area contributed by atoms with Crippen LogP contribution in [0.5, 0.6) is 0 Å². The first-order valence-electron chi connectivity index (χ1n) is 21.5. The number of aliphatic hydroxyl groups excluding tert-OH is 3. The molecule has 48 heavy (non-hydrogen) atoms. The van der Waals surface area contributed by atoms with Crippen LogP contribution in [0.3, 0.4) is 0 Å². The van der Waals surface area contributed by atoms with Gasteiger partial charge in [-0.25, -0.2) is 0 Å². The Bertz CT molecular complexity index is 669. The van der Waals surface area contributed by atoms with Crippen molar-refractivity contribution in [2.45, 2.75) is 250 Å². The van der Waals surface area contributed by atoms with Crippen LogP contribution in [0.1, 0.15) is 232 Å². The van der Waals surface area contributed by atoms with Crippen LogP contribution >= 0.6 is 0 Å². The second-order valence-electron chi connectivity index (χ2n) is 14.9. The maximum atomic E-state index is 12.4. The predicted molar refractivity (Wildman–Crippen MR) is 208 cm³/mol. The summed E-state index contributed by atoms with van der Waals surface area (Å²) in [5.74, 6) is -0.151. The third-order valence-corrected chi connectivity index (χ3v) is 10.1. The van der Waals surface area contributed by atoms with Gasteiger partial charge in [-0.15, -0.1) is 0 Å². The number of rotatable bonds is 39. The van der Waals surface area contributed by atoms with Crippen molar-refractivity contribution in [2.75, 3.05) is 6.61 Å². The lowest BCUT2D eigenvalue weighted by molar-refractivity contribution is -0.124. The summed E-state index contributed by atoms with van der Waals surface area (Å²) in [6.07, 6.45) is 44.6. The molecule has 0 rings (SSSR count). The highest BCUT2D eigenvalue weighted by molar-refractivity contribution is 5.76. The van der Waals surface area contributed by atoms with Gasteiger partial charge in [0.2, 0.25) is 5.91 Å². The van der Waals surface area contributed by atoms with Crippen molar-refractivity contribution in [2.24, 2.45) is 0 Å². The van der Waals surface area contributed by atoms with Crippen molar-refractivity contribution in [1.29, 1.82) is 0 Å². The van der Waals surface area contributed by atoms with E-state index in [2.05, 4.69) is 31.3 Å². The van der Waals surface area contributed by atoms with Crippen LogP contribution in [-0.2, 0) is 4.79 Å². The Balaban J connectivity index is 3.63. The number of carbonyl (C=O) groups excluding carboxylic acids is 1. The first-order valence-corrected chi connectivity index (χ1v) is 21.5. The van der Waals surface area contributed by atoms with Crippen LogP contribution in [0.4, 0.5) is 0 Å². The highest BCUT2D eigenvalue weighted by atomic mass is 16.3. The van der Waals surface area contributed by atoms with E-state index in [4.69, 9.17) is 0 Å². The molecule has 0 aliphatic carbocycles. The second-order valence-corrected chi connectivity index (χ2v) is 14.9. The molecule has 1 amide bonds. The summed E-state index contributed by atoms with van der Waals surface area (Å²) in [7, 11) is 0. The van der Waals surface area contributed by atoms with E-state index in [0.717, 1.165) is 38.5 Å². The monoisotopic (exact) mass is 680 g/mol. The van der Waals surface area contributed by atoms with Gasteiger partial charge in [0, 0.05) is 6.42 Å². The van der Waals surface area contributed by atoms with Gasteiger partial charge in [-0.3, -0.25) is 4.79 Å². The lowest BCUT2D eigenvalue weighted by atomic mass is 10.0. The van der Waals surface area contributed by atoms with Gasteiger partial charge < -0.3 is 20.6 Å². The van der Waals surface area contributed by atoms with Gasteiger partial charge >= 0.3 is 0 Å². The van der Waals surface area contributed by atoms with E-state index >= 15 is 0 Å². The lowest BCUT2D eigenvalue weighted by Gasteiger charge is -2.26. The molecule has 0 radical (unpaired) electrons. The molecule has 0 aromatic carbocycles. The maximum Gasteiger partial charge on any atom is 0.220 e. The van der Waals surface area contributed by atoms with Crippen LogP contribution < -0.4 is 5.32 Å². The maximum absolute atomic E-state index is 12.4. The summed E-state index contributed by atoms with van der Waals surface area (Å²) in [5, 5.41) is 33.5. The number of aliphatic hydroxyl groups is 3. The average molecular weight is 680 g/mol. The minimum Gasteiger partial charge on any atom is -0.394 e. The fourth-order valence-corrected chi connectivity index (χ4v) is 6.75. The summed E-state index contributed by atoms with van der Waals surface area (Å²) in [5.41, 5.74) is 0. The smallest absolute Gasteiger partial charge is 0.220 e. The Kier molecular flexibility index (Phi) is 38.1. The number of amides is 1. The molecule has 5 heteroatoms. The van der Waals surface area contributed by atoms with Crippen LogP contribution in [0.25, 0.3) is 0 Å². The summed E-state index contributed by atoms with van der Waals surface area (Å²) in [4.78, 5) is 12.4. The Morgan fingerprint density at radius 3 is 1.21 bits per heavy atom. The highest BCUT2D eigenvalue weighted by Gasteiger charge is 2.26. The quantitative estimate of drug-likeness (QED) is 0.0384. The van der Waals surface area contributed by atoms with E-state index in [9.17, 15) is 20.1 Å². The summed E-state index contributed by atoms with van der Waals surface area (Å²) in [6.45, 7) is 4.18. The average Bonchev–Trinajstić information content (AvgIpc) is 3.09. The van der Waals surface area contributed by atoms with Crippen LogP contribution in [0.2, 0.25) is 0 Å². The Morgan fingerprint density at radius 1 is 0.500 bits per heavy atom. The molecule has 286 valence electrons. The van der Waals surface area contributed by atoms with Gasteiger partial charge in [0.25, 0.3) is 0 Å². The van der Waals surface area contributed by atoms with Crippen LogP contribution in [0, 0.1) is 0 Å². The Hall–Kier alpha value is -0.910. The van der Waals surface area contributed by atoms with Crippen molar-refractivity contribution >= 4 is 5.91 Å². The number of unbranched alkanes of at least 4 members (excludes halogenated alkanes) is 29.